The van der Waals surface area contributed by atoms with Crippen molar-refractivity contribution in [2.75, 3.05) is 5.32 Å². The van der Waals surface area contributed by atoms with Crippen molar-refractivity contribution >= 4 is 16.6 Å². The second-order valence-electron chi connectivity index (χ2n) is 6.35. The Bertz CT molecular complexity index is 1060. The molecule has 7 heteroatoms. The summed E-state index contributed by atoms with van der Waals surface area (Å²) in [4.78, 5) is 8.83. The Hall–Kier alpha value is -3.35. The minimum atomic E-state index is 0.423. The number of hydrogen-bond acceptors (Lipinski definition) is 7. The monoisotopic (exact) mass is 344 g/mol. The van der Waals surface area contributed by atoms with E-state index in [9.17, 15) is 0 Å². The molecule has 3 aromatic heterocycles. The predicted octanol–water partition coefficient (Wildman–Crippen LogP) is 3.56. The second-order valence-corrected chi connectivity index (χ2v) is 6.35. The van der Waals surface area contributed by atoms with Crippen molar-refractivity contribution in [2.45, 2.75) is 25.3 Å². The number of fused-ring (bicyclic) bond motifs is 1. The highest BCUT2D eigenvalue weighted by molar-refractivity contribution is 5.98. The summed E-state index contributed by atoms with van der Waals surface area (Å²) >= 11 is 0. The molecule has 3 heterocycles. The van der Waals surface area contributed by atoms with Crippen molar-refractivity contribution in [3.8, 4) is 11.6 Å². The summed E-state index contributed by atoms with van der Waals surface area (Å²) in [6.45, 7) is 0.575. The molecular formula is C19H16N6O. The van der Waals surface area contributed by atoms with Crippen molar-refractivity contribution in [3.63, 3.8) is 0 Å². The molecule has 7 nitrogen and oxygen atoms in total. The van der Waals surface area contributed by atoms with E-state index in [1.54, 1.807) is 6.20 Å². The molecule has 0 unspecified atom stereocenters. The van der Waals surface area contributed by atoms with Crippen LogP contribution in [0.15, 0.2) is 53.2 Å². The lowest BCUT2D eigenvalue weighted by molar-refractivity contribution is 0.421. The highest BCUT2D eigenvalue weighted by Gasteiger charge is 2.29. The highest BCUT2D eigenvalue weighted by atomic mass is 16.5. The zero-order chi connectivity index (χ0) is 17.3. The fourth-order valence-corrected chi connectivity index (χ4v) is 2.91. The van der Waals surface area contributed by atoms with Crippen molar-refractivity contribution in [1.82, 2.24) is 25.3 Å². The fraction of sp³-hybridized carbons (Fsp3) is 0.211. The van der Waals surface area contributed by atoms with Gasteiger partial charge in [0.2, 0.25) is 0 Å². The number of anilines is 1. The maximum atomic E-state index is 5.44. The van der Waals surface area contributed by atoms with Crippen LogP contribution < -0.4 is 5.32 Å². The van der Waals surface area contributed by atoms with E-state index in [1.165, 1.54) is 0 Å². The van der Waals surface area contributed by atoms with Gasteiger partial charge in [-0.2, -0.15) is 4.98 Å². The van der Waals surface area contributed by atoms with E-state index in [4.69, 9.17) is 4.52 Å². The van der Waals surface area contributed by atoms with Crippen LogP contribution in [0.25, 0.3) is 22.4 Å². The smallest absolute Gasteiger partial charge is 0.279 e. The molecule has 5 rings (SSSR count). The third-order valence-electron chi connectivity index (χ3n) is 4.44. The van der Waals surface area contributed by atoms with Crippen molar-refractivity contribution in [1.29, 1.82) is 0 Å². The largest absolute Gasteiger partial charge is 0.362 e. The molecule has 0 atom stereocenters. The minimum Gasteiger partial charge on any atom is -0.362 e. The summed E-state index contributed by atoms with van der Waals surface area (Å²) in [5.74, 6) is 2.33. The van der Waals surface area contributed by atoms with Crippen LogP contribution in [0.4, 0.5) is 5.82 Å². The maximum absolute atomic E-state index is 5.44. The number of pyridine rings is 1. The third kappa shape index (κ3) is 2.77. The van der Waals surface area contributed by atoms with Gasteiger partial charge in [0, 0.05) is 22.9 Å². The van der Waals surface area contributed by atoms with E-state index in [0.29, 0.717) is 29.9 Å². The van der Waals surface area contributed by atoms with E-state index < -0.39 is 0 Å². The lowest BCUT2D eigenvalue weighted by Gasteiger charge is -2.09. The van der Waals surface area contributed by atoms with Gasteiger partial charge in [-0.15, -0.1) is 10.2 Å². The molecule has 0 radical (unpaired) electrons. The molecule has 1 aliphatic carbocycles. The molecule has 4 aromatic rings. The van der Waals surface area contributed by atoms with Gasteiger partial charge in [0.1, 0.15) is 0 Å². The lowest BCUT2D eigenvalue weighted by atomic mass is 10.1. The predicted molar refractivity (Wildman–Crippen MR) is 96.4 cm³/mol. The van der Waals surface area contributed by atoms with Crippen LogP contribution in [0, 0.1) is 0 Å². The van der Waals surface area contributed by atoms with Crippen LogP contribution in [0.3, 0.4) is 0 Å². The van der Waals surface area contributed by atoms with Gasteiger partial charge in [-0.3, -0.25) is 4.98 Å². The van der Waals surface area contributed by atoms with Crippen molar-refractivity contribution < 1.29 is 4.52 Å². The van der Waals surface area contributed by atoms with Gasteiger partial charge in [-0.25, -0.2) is 0 Å². The van der Waals surface area contributed by atoms with Crippen LogP contribution in [0.5, 0.6) is 0 Å². The van der Waals surface area contributed by atoms with E-state index >= 15 is 0 Å². The summed E-state index contributed by atoms with van der Waals surface area (Å²) in [7, 11) is 0. The first-order valence-corrected chi connectivity index (χ1v) is 8.61. The Morgan fingerprint density at radius 2 is 1.85 bits per heavy atom. The molecule has 0 bridgehead atoms. The van der Waals surface area contributed by atoms with Gasteiger partial charge in [-0.1, -0.05) is 35.5 Å². The van der Waals surface area contributed by atoms with E-state index in [2.05, 4.69) is 30.6 Å². The maximum Gasteiger partial charge on any atom is 0.279 e. The number of hydrogen-bond donors (Lipinski definition) is 1. The van der Waals surface area contributed by atoms with Gasteiger partial charge in [-0.05, 0) is 25.0 Å². The summed E-state index contributed by atoms with van der Waals surface area (Å²) in [5.41, 5.74) is 1.55. The van der Waals surface area contributed by atoms with Gasteiger partial charge in [0.05, 0.1) is 12.2 Å². The molecule has 1 saturated carbocycles. The SMILES string of the molecule is c1ccc(CNc2nnc(-c3nc(C4CC4)no3)c3ccccc23)nc1. The van der Waals surface area contributed by atoms with Crippen LogP contribution in [0.1, 0.15) is 30.3 Å². The van der Waals surface area contributed by atoms with Crippen molar-refractivity contribution in [2.24, 2.45) is 0 Å². The molecule has 26 heavy (non-hydrogen) atoms. The minimum absolute atomic E-state index is 0.423. The summed E-state index contributed by atoms with van der Waals surface area (Å²) in [5, 5.41) is 18.0. The quantitative estimate of drug-likeness (QED) is 0.592. The molecule has 1 aliphatic rings. The standard InChI is InChI=1S/C19H16N6O/c1-2-7-15-14(6-1)16(19-22-17(25-26-19)12-8-9-12)23-24-18(15)21-11-13-5-3-4-10-20-13/h1-7,10,12H,8-9,11H2,(H,21,24). The van der Waals surface area contributed by atoms with Crippen LogP contribution in [0.2, 0.25) is 0 Å². The molecule has 1 fully saturated rings. The number of nitrogens with zero attached hydrogens (tertiary/aromatic N) is 5. The van der Waals surface area contributed by atoms with Gasteiger partial charge in [0.15, 0.2) is 17.3 Å². The summed E-state index contributed by atoms with van der Waals surface area (Å²) in [6, 6.07) is 13.8. The van der Waals surface area contributed by atoms with Gasteiger partial charge >= 0.3 is 0 Å². The molecule has 1 aromatic carbocycles. The first-order chi connectivity index (χ1) is 12.9. The fourth-order valence-electron chi connectivity index (χ4n) is 2.91. The number of nitrogens with one attached hydrogen (secondary N) is 1. The number of aromatic nitrogens is 5. The zero-order valence-electron chi connectivity index (χ0n) is 14.0. The Morgan fingerprint density at radius 3 is 2.65 bits per heavy atom. The Kier molecular flexibility index (Phi) is 3.55. The van der Waals surface area contributed by atoms with Crippen LogP contribution >= 0.6 is 0 Å². The Labute approximate surface area is 149 Å². The topological polar surface area (TPSA) is 89.6 Å². The molecule has 128 valence electrons. The third-order valence-corrected chi connectivity index (χ3v) is 4.44. The van der Waals surface area contributed by atoms with Gasteiger partial charge in [0.25, 0.3) is 5.89 Å². The van der Waals surface area contributed by atoms with E-state index in [-0.39, 0.29) is 0 Å². The number of benzene rings is 1. The molecule has 0 spiro atoms. The Morgan fingerprint density at radius 1 is 1.00 bits per heavy atom. The van der Waals surface area contributed by atoms with E-state index in [0.717, 1.165) is 35.1 Å². The van der Waals surface area contributed by atoms with Crippen LogP contribution in [-0.2, 0) is 6.54 Å². The summed E-state index contributed by atoms with van der Waals surface area (Å²) < 4.78 is 5.44. The zero-order valence-corrected chi connectivity index (χ0v) is 14.0. The molecule has 0 saturated heterocycles. The molecular weight excluding hydrogens is 328 g/mol. The number of rotatable bonds is 5. The molecule has 0 amide bonds. The van der Waals surface area contributed by atoms with Crippen LogP contribution in [-0.4, -0.2) is 25.3 Å². The van der Waals surface area contributed by atoms with E-state index in [1.807, 2.05) is 42.5 Å². The summed E-state index contributed by atoms with van der Waals surface area (Å²) in [6.07, 6.45) is 4.03. The normalized spacial score (nSPS) is 13.8. The molecule has 1 N–H and O–H groups in total. The average Bonchev–Trinajstić information content (AvgIpc) is 3.44. The average molecular weight is 344 g/mol. The van der Waals surface area contributed by atoms with Gasteiger partial charge < -0.3 is 9.84 Å². The van der Waals surface area contributed by atoms with Crippen molar-refractivity contribution in [3.05, 3.63) is 60.2 Å². The highest BCUT2D eigenvalue weighted by Crippen LogP contribution is 2.39. The first kappa shape index (κ1) is 14.9. The molecule has 0 aliphatic heterocycles. The second kappa shape index (κ2) is 6.18. The Balaban J connectivity index is 1.50. The lowest BCUT2D eigenvalue weighted by Crippen LogP contribution is -2.05. The first-order valence-electron chi connectivity index (χ1n) is 8.61.